The summed E-state index contributed by atoms with van der Waals surface area (Å²) in [5.41, 5.74) is 6.31. The third-order valence-electron chi connectivity index (χ3n) is 1.47. The van der Waals surface area contributed by atoms with Crippen LogP contribution in [0.3, 0.4) is 0 Å². The van der Waals surface area contributed by atoms with Crippen LogP contribution in [0, 0.1) is 0 Å². The maximum atomic E-state index is 6.79. The maximum Gasteiger partial charge on any atom is 0.213 e. The minimum atomic E-state index is -2.37. The first kappa shape index (κ1) is 6.34. The first-order chi connectivity index (χ1) is 7.51. The predicted octanol–water partition coefficient (Wildman–Crippen LogP) is 0.566. The molecule has 0 radical (unpaired) electrons. The Morgan fingerprint density at radius 3 is 3.08 bits per heavy atom. The van der Waals surface area contributed by atoms with Gasteiger partial charge in [-0.15, -0.1) is 0 Å². The van der Waals surface area contributed by atoms with E-state index in [0.29, 0.717) is 12.4 Å². The Bertz CT molecular complexity index is 314. The summed E-state index contributed by atoms with van der Waals surface area (Å²) in [5, 5.41) is 0. The van der Waals surface area contributed by atoms with Gasteiger partial charge in [0.2, 0.25) is 5.88 Å². The zero-order valence-corrected chi connectivity index (χ0v) is 7.19. The SMILES string of the molecule is [2H]C([2H])([2H])OCCOc1ccc(CN)cn1. The average Bonchev–Trinajstić information content (AvgIpc) is 2.24. The standard InChI is InChI=1S/C9H14N2O2/c1-12-4-5-13-9-3-2-8(6-10)7-11-9/h2-3,7H,4-6,10H2,1H3/i1D3. The second kappa shape index (κ2) is 5.50. The zero-order chi connectivity index (χ0) is 12.0. The fourth-order valence-electron chi connectivity index (χ4n) is 0.805. The summed E-state index contributed by atoms with van der Waals surface area (Å²) in [5.74, 6) is 0.423. The van der Waals surface area contributed by atoms with Crippen molar-refractivity contribution >= 4 is 0 Å². The summed E-state index contributed by atoms with van der Waals surface area (Å²) < 4.78 is 30.1. The van der Waals surface area contributed by atoms with E-state index in [-0.39, 0.29) is 13.2 Å². The second-order valence-corrected chi connectivity index (χ2v) is 2.41. The van der Waals surface area contributed by atoms with Gasteiger partial charge >= 0.3 is 0 Å². The molecule has 1 aromatic heterocycles. The van der Waals surface area contributed by atoms with Gasteiger partial charge in [0.25, 0.3) is 0 Å². The van der Waals surface area contributed by atoms with E-state index in [1.165, 1.54) is 0 Å². The molecule has 2 N–H and O–H groups in total. The molecule has 1 heterocycles. The van der Waals surface area contributed by atoms with Gasteiger partial charge in [-0.2, -0.15) is 0 Å². The van der Waals surface area contributed by atoms with Gasteiger partial charge in [0.15, 0.2) is 0 Å². The van der Waals surface area contributed by atoms with E-state index in [4.69, 9.17) is 14.6 Å². The molecule has 72 valence electrons. The Morgan fingerprint density at radius 1 is 1.54 bits per heavy atom. The maximum absolute atomic E-state index is 6.79. The highest BCUT2D eigenvalue weighted by atomic mass is 16.5. The molecule has 1 rings (SSSR count). The molecule has 0 unspecified atom stereocenters. The lowest BCUT2D eigenvalue weighted by Gasteiger charge is -2.04. The lowest BCUT2D eigenvalue weighted by Crippen LogP contribution is -2.05. The Hall–Kier alpha value is -1.13. The highest BCUT2D eigenvalue weighted by molar-refractivity contribution is 5.17. The number of ether oxygens (including phenoxy) is 2. The predicted molar refractivity (Wildman–Crippen MR) is 49.5 cm³/mol. The molecule has 0 bridgehead atoms. The van der Waals surface area contributed by atoms with Gasteiger partial charge in [-0.05, 0) is 5.56 Å². The van der Waals surface area contributed by atoms with Crippen molar-refractivity contribution in [2.45, 2.75) is 6.54 Å². The molecule has 1 aromatic rings. The Balaban J connectivity index is 2.27. The molecule has 4 nitrogen and oxygen atoms in total. The van der Waals surface area contributed by atoms with E-state index in [9.17, 15) is 0 Å². The summed E-state index contributed by atoms with van der Waals surface area (Å²) in [6.07, 6.45) is 1.61. The Morgan fingerprint density at radius 2 is 2.46 bits per heavy atom. The van der Waals surface area contributed by atoms with Crippen molar-refractivity contribution in [2.75, 3.05) is 20.3 Å². The van der Waals surface area contributed by atoms with Gasteiger partial charge in [-0.25, -0.2) is 4.98 Å². The number of hydrogen-bond donors (Lipinski definition) is 1. The topological polar surface area (TPSA) is 57.4 Å². The van der Waals surface area contributed by atoms with Crippen LogP contribution in [-0.2, 0) is 11.3 Å². The van der Waals surface area contributed by atoms with Crippen LogP contribution in [0.15, 0.2) is 18.3 Å². The van der Waals surface area contributed by atoms with Gasteiger partial charge in [0, 0.05) is 25.8 Å². The van der Waals surface area contributed by atoms with Crippen LogP contribution in [0.5, 0.6) is 5.88 Å². The normalized spacial score (nSPS) is 14.4. The van der Waals surface area contributed by atoms with Crippen LogP contribution in [0.4, 0.5) is 0 Å². The van der Waals surface area contributed by atoms with Crippen molar-refractivity contribution in [2.24, 2.45) is 5.73 Å². The Kier molecular flexibility index (Phi) is 2.69. The number of nitrogens with two attached hydrogens (primary N) is 1. The fourth-order valence-corrected chi connectivity index (χ4v) is 0.805. The smallest absolute Gasteiger partial charge is 0.213 e. The lowest BCUT2D eigenvalue weighted by atomic mass is 10.3. The van der Waals surface area contributed by atoms with Gasteiger partial charge in [-0.3, -0.25) is 0 Å². The van der Waals surface area contributed by atoms with Gasteiger partial charge in [0.1, 0.15) is 6.61 Å². The van der Waals surface area contributed by atoms with E-state index in [1.807, 2.05) is 0 Å². The zero-order valence-electron chi connectivity index (χ0n) is 10.2. The molecule has 0 amide bonds. The van der Waals surface area contributed by atoms with Crippen molar-refractivity contribution in [3.63, 3.8) is 0 Å². The molecule has 0 aromatic carbocycles. The second-order valence-electron chi connectivity index (χ2n) is 2.41. The van der Waals surface area contributed by atoms with E-state index >= 15 is 0 Å². The number of rotatable bonds is 5. The van der Waals surface area contributed by atoms with Crippen molar-refractivity contribution in [1.29, 1.82) is 0 Å². The first-order valence-electron chi connectivity index (χ1n) is 5.43. The third-order valence-corrected chi connectivity index (χ3v) is 1.47. The van der Waals surface area contributed by atoms with Gasteiger partial charge in [-0.1, -0.05) is 6.07 Å². The van der Waals surface area contributed by atoms with Crippen LogP contribution in [0.25, 0.3) is 0 Å². The summed E-state index contributed by atoms with van der Waals surface area (Å²) in [4.78, 5) is 3.99. The van der Waals surface area contributed by atoms with Gasteiger partial charge < -0.3 is 15.2 Å². The largest absolute Gasteiger partial charge is 0.475 e. The van der Waals surface area contributed by atoms with Crippen molar-refractivity contribution in [3.05, 3.63) is 23.9 Å². The number of pyridine rings is 1. The highest BCUT2D eigenvalue weighted by Gasteiger charge is 1.94. The highest BCUT2D eigenvalue weighted by Crippen LogP contribution is 2.06. The summed E-state index contributed by atoms with van der Waals surface area (Å²) >= 11 is 0. The van der Waals surface area contributed by atoms with Crippen LogP contribution in [0.1, 0.15) is 9.68 Å². The van der Waals surface area contributed by atoms with Crippen molar-refractivity contribution in [1.82, 2.24) is 4.98 Å². The lowest BCUT2D eigenvalue weighted by molar-refractivity contribution is 0.143. The average molecular weight is 185 g/mol. The number of nitrogens with zero attached hydrogens (tertiary/aromatic N) is 1. The molecule has 0 aliphatic heterocycles. The monoisotopic (exact) mass is 185 g/mol. The minimum Gasteiger partial charge on any atom is -0.475 e. The van der Waals surface area contributed by atoms with Crippen LogP contribution in [-0.4, -0.2) is 25.2 Å². The molecule has 0 aliphatic carbocycles. The van der Waals surface area contributed by atoms with Crippen LogP contribution < -0.4 is 10.5 Å². The molecule has 0 atom stereocenters. The Labute approximate surface area is 81.9 Å². The molecule has 0 spiro atoms. The quantitative estimate of drug-likeness (QED) is 0.681. The van der Waals surface area contributed by atoms with Crippen molar-refractivity contribution < 1.29 is 13.6 Å². The molecule has 0 saturated heterocycles. The van der Waals surface area contributed by atoms with Crippen molar-refractivity contribution in [3.8, 4) is 5.88 Å². The molecule has 4 heteroatoms. The minimum absolute atomic E-state index is 0.00315. The molecule has 13 heavy (non-hydrogen) atoms. The molecule has 0 saturated carbocycles. The molecule has 0 aliphatic rings. The molecule has 0 fully saturated rings. The fraction of sp³-hybridized carbons (Fsp3) is 0.444. The van der Waals surface area contributed by atoms with Gasteiger partial charge in [0.05, 0.1) is 10.7 Å². The van der Waals surface area contributed by atoms with Crippen LogP contribution >= 0.6 is 0 Å². The number of hydrogen-bond acceptors (Lipinski definition) is 4. The van der Waals surface area contributed by atoms with E-state index in [2.05, 4.69) is 9.72 Å². The summed E-state index contributed by atoms with van der Waals surface area (Å²) in [7, 11) is -2.37. The van der Waals surface area contributed by atoms with E-state index in [1.54, 1.807) is 18.3 Å². The number of aromatic nitrogens is 1. The number of methoxy groups -OCH3 is 1. The van der Waals surface area contributed by atoms with E-state index in [0.717, 1.165) is 5.56 Å². The summed E-state index contributed by atoms with van der Waals surface area (Å²) in [6, 6.07) is 3.48. The third kappa shape index (κ3) is 3.40. The van der Waals surface area contributed by atoms with E-state index < -0.39 is 7.04 Å². The molecular formula is C9H14N2O2. The summed E-state index contributed by atoms with van der Waals surface area (Å²) in [6.45, 7) is 0.569. The first-order valence-corrected chi connectivity index (χ1v) is 3.93. The van der Waals surface area contributed by atoms with Crippen LogP contribution in [0.2, 0.25) is 0 Å². The molecular weight excluding hydrogens is 168 g/mol.